The van der Waals surface area contributed by atoms with Gasteiger partial charge in [0.15, 0.2) is 0 Å². The van der Waals surface area contributed by atoms with Crippen LogP contribution >= 0.6 is 0 Å². The Labute approximate surface area is 109 Å². The Hall–Kier alpha value is -1.86. The predicted octanol–water partition coefficient (Wildman–Crippen LogP) is 4.18. The van der Waals surface area contributed by atoms with Gasteiger partial charge in [0.25, 0.3) is 0 Å². The lowest BCUT2D eigenvalue weighted by molar-refractivity contribution is 0.808. The Kier molecular flexibility index (Phi) is 4.32. The van der Waals surface area contributed by atoms with E-state index in [1.165, 1.54) is 16.7 Å². The number of rotatable bonds is 4. The Bertz CT molecular complexity index is 500. The average Bonchev–Trinajstić information content (AvgIpc) is 2.46. The molecule has 0 aliphatic heterocycles. The van der Waals surface area contributed by atoms with Crippen LogP contribution in [0.5, 0.6) is 0 Å². The summed E-state index contributed by atoms with van der Waals surface area (Å²) in [7, 11) is 0. The standard InChI is InChI=1S/C17H19N/c1-2-15(13-14-9-5-3-6-10-14)17(18)16-11-7-4-8-12-16/h3-13,17H,2,18H2,1H3/b15-13+. The summed E-state index contributed by atoms with van der Waals surface area (Å²) in [5, 5.41) is 0. The van der Waals surface area contributed by atoms with E-state index in [1.54, 1.807) is 0 Å². The van der Waals surface area contributed by atoms with Crippen molar-refractivity contribution in [3.05, 3.63) is 77.4 Å². The van der Waals surface area contributed by atoms with Crippen molar-refractivity contribution < 1.29 is 0 Å². The van der Waals surface area contributed by atoms with Gasteiger partial charge in [-0.15, -0.1) is 0 Å². The van der Waals surface area contributed by atoms with E-state index in [4.69, 9.17) is 5.73 Å². The average molecular weight is 237 g/mol. The maximum Gasteiger partial charge on any atom is 0.0514 e. The molecule has 0 heterocycles. The van der Waals surface area contributed by atoms with Gasteiger partial charge < -0.3 is 5.73 Å². The van der Waals surface area contributed by atoms with Crippen LogP contribution < -0.4 is 5.73 Å². The van der Waals surface area contributed by atoms with Crippen LogP contribution in [0.1, 0.15) is 30.5 Å². The van der Waals surface area contributed by atoms with Crippen molar-refractivity contribution in [2.75, 3.05) is 0 Å². The number of benzene rings is 2. The molecule has 0 aliphatic rings. The molecule has 2 N–H and O–H groups in total. The van der Waals surface area contributed by atoms with E-state index >= 15 is 0 Å². The van der Waals surface area contributed by atoms with Crippen molar-refractivity contribution in [3.63, 3.8) is 0 Å². The van der Waals surface area contributed by atoms with Crippen LogP contribution in [0.4, 0.5) is 0 Å². The highest BCUT2D eigenvalue weighted by Gasteiger charge is 2.09. The molecule has 1 nitrogen and oxygen atoms in total. The van der Waals surface area contributed by atoms with Crippen LogP contribution in [-0.2, 0) is 0 Å². The minimum atomic E-state index is -0.0172. The molecule has 0 saturated carbocycles. The second kappa shape index (κ2) is 6.18. The van der Waals surface area contributed by atoms with E-state index in [9.17, 15) is 0 Å². The van der Waals surface area contributed by atoms with Crippen molar-refractivity contribution in [2.45, 2.75) is 19.4 Å². The summed E-state index contributed by atoms with van der Waals surface area (Å²) in [5.41, 5.74) is 9.96. The molecular weight excluding hydrogens is 218 g/mol. The molecule has 2 rings (SSSR count). The molecular formula is C17H19N. The molecule has 0 amide bonds. The van der Waals surface area contributed by atoms with E-state index < -0.39 is 0 Å². The van der Waals surface area contributed by atoms with Crippen molar-refractivity contribution in [1.29, 1.82) is 0 Å². The Balaban J connectivity index is 2.27. The highest BCUT2D eigenvalue weighted by molar-refractivity contribution is 5.54. The minimum Gasteiger partial charge on any atom is -0.321 e. The third kappa shape index (κ3) is 3.08. The normalized spacial score (nSPS) is 13.3. The minimum absolute atomic E-state index is 0.0172. The monoisotopic (exact) mass is 237 g/mol. The zero-order chi connectivity index (χ0) is 12.8. The SMILES string of the molecule is CC/C(=C\c1ccccc1)C(N)c1ccccc1. The first-order chi connectivity index (χ1) is 8.81. The third-order valence-electron chi connectivity index (χ3n) is 3.12. The zero-order valence-electron chi connectivity index (χ0n) is 10.7. The van der Waals surface area contributed by atoms with Gasteiger partial charge in [-0.05, 0) is 23.1 Å². The van der Waals surface area contributed by atoms with Gasteiger partial charge in [-0.3, -0.25) is 0 Å². The molecule has 0 fully saturated rings. The summed E-state index contributed by atoms with van der Waals surface area (Å²) in [5.74, 6) is 0. The molecule has 2 aromatic rings. The van der Waals surface area contributed by atoms with Crippen molar-refractivity contribution in [1.82, 2.24) is 0 Å². The van der Waals surface area contributed by atoms with E-state index in [1.807, 2.05) is 36.4 Å². The molecule has 1 atom stereocenters. The second-order valence-electron chi connectivity index (χ2n) is 4.37. The fourth-order valence-corrected chi connectivity index (χ4v) is 2.05. The Morgan fingerprint density at radius 2 is 1.56 bits per heavy atom. The van der Waals surface area contributed by atoms with Crippen LogP contribution in [0, 0.1) is 0 Å². The summed E-state index contributed by atoms with van der Waals surface area (Å²) in [4.78, 5) is 0. The summed E-state index contributed by atoms with van der Waals surface area (Å²) in [6.07, 6.45) is 3.16. The van der Waals surface area contributed by atoms with Crippen LogP contribution in [0.15, 0.2) is 66.2 Å². The largest absolute Gasteiger partial charge is 0.321 e. The molecule has 2 aromatic carbocycles. The number of hydrogen-bond donors (Lipinski definition) is 1. The van der Waals surface area contributed by atoms with Crippen molar-refractivity contribution >= 4 is 6.08 Å². The summed E-state index contributed by atoms with van der Waals surface area (Å²) >= 11 is 0. The lowest BCUT2D eigenvalue weighted by atomic mass is 9.96. The fraction of sp³-hybridized carbons (Fsp3) is 0.176. The maximum atomic E-state index is 6.33. The van der Waals surface area contributed by atoms with Gasteiger partial charge >= 0.3 is 0 Å². The summed E-state index contributed by atoms with van der Waals surface area (Å²) in [6.45, 7) is 2.15. The molecule has 1 unspecified atom stereocenters. The van der Waals surface area contributed by atoms with Gasteiger partial charge in [-0.1, -0.05) is 73.7 Å². The van der Waals surface area contributed by atoms with Crippen molar-refractivity contribution in [3.8, 4) is 0 Å². The highest BCUT2D eigenvalue weighted by Crippen LogP contribution is 2.23. The predicted molar refractivity (Wildman–Crippen MR) is 78.1 cm³/mol. The lowest BCUT2D eigenvalue weighted by Crippen LogP contribution is -2.12. The topological polar surface area (TPSA) is 26.0 Å². The lowest BCUT2D eigenvalue weighted by Gasteiger charge is -2.15. The summed E-state index contributed by atoms with van der Waals surface area (Å²) < 4.78 is 0. The molecule has 0 spiro atoms. The molecule has 0 radical (unpaired) electrons. The Morgan fingerprint density at radius 1 is 1.00 bits per heavy atom. The van der Waals surface area contributed by atoms with E-state index in [0.29, 0.717) is 0 Å². The molecule has 1 heteroatoms. The van der Waals surface area contributed by atoms with Gasteiger partial charge in [0.05, 0.1) is 6.04 Å². The van der Waals surface area contributed by atoms with E-state index in [2.05, 4.69) is 37.3 Å². The molecule has 0 aromatic heterocycles. The van der Waals surface area contributed by atoms with Gasteiger partial charge in [0, 0.05) is 0 Å². The first-order valence-corrected chi connectivity index (χ1v) is 6.37. The second-order valence-corrected chi connectivity index (χ2v) is 4.37. The molecule has 0 aliphatic carbocycles. The number of hydrogen-bond acceptors (Lipinski definition) is 1. The van der Waals surface area contributed by atoms with Gasteiger partial charge in [-0.25, -0.2) is 0 Å². The van der Waals surface area contributed by atoms with Gasteiger partial charge in [0.1, 0.15) is 0 Å². The Morgan fingerprint density at radius 3 is 2.11 bits per heavy atom. The third-order valence-corrected chi connectivity index (χ3v) is 3.12. The highest BCUT2D eigenvalue weighted by atomic mass is 14.6. The first-order valence-electron chi connectivity index (χ1n) is 6.37. The fourth-order valence-electron chi connectivity index (χ4n) is 2.05. The van der Waals surface area contributed by atoms with Crippen LogP contribution in [0.2, 0.25) is 0 Å². The first kappa shape index (κ1) is 12.6. The van der Waals surface area contributed by atoms with Crippen LogP contribution in [-0.4, -0.2) is 0 Å². The van der Waals surface area contributed by atoms with Gasteiger partial charge in [0.2, 0.25) is 0 Å². The maximum absolute atomic E-state index is 6.33. The molecule has 0 bridgehead atoms. The smallest absolute Gasteiger partial charge is 0.0514 e. The van der Waals surface area contributed by atoms with Crippen LogP contribution in [0.25, 0.3) is 6.08 Å². The zero-order valence-corrected chi connectivity index (χ0v) is 10.7. The van der Waals surface area contributed by atoms with Gasteiger partial charge in [-0.2, -0.15) is 0 Å². The summed E-state index contributed by atoms with van der Waals surface area (Å²) in [6, 6.07) is 20.6. The van der Waals surface area contributed by atoms with Crippen molar-refractivity contribution in [2.24, 2.45) is 5.73 Å². The van der Waals surface area contributed by atoms with E-state index in [0.717, 1.165) is 6.42 Å². The molecule has 0 saturated heterocycles. The molecule has 18 heavy (non-hydrogen) atoms. The van der Waals surface area contributed by atoms with E-state index in [-0.39, 0.29) is 6.04 Å². The van der Waals surface area contributed by atoms with Crippen LogP contribution in [0.3, 0.4) is 0 Å². The number of nitrogens with two attached hydrogens (primary N) is 1. The molecule has 92 valence electrons. The quantitative estimate of drug-likeness (QED) is 0.848.